The molecule has 0 aliphatic rings. The van der Waals surface area contributed by atoms with E-state index in [0.717, 1.165) is 0 Å². The summed E-state index contributed by atoms with van der Waals surface area (Å²) in [5.41, 5.74) is 5.53. The van der Waals surface area contributed by atoms with E-state index in [1.807, 2.05) is 6.92 Å². The van der Waals surface area contributed by atoms with Gasteiger partial charge >= 0.3 is 5.97 Å². The van der Waals surface area contributed by atoms with Crippen LogP contribution < -0.4 is 5.73 Å². The molecule has 0 aliphatic heterocycles. The summed E-state index contributed by atoms with van der Waals surface area (Å²) in [4.78, 5) is 24.2. The summed E-state index contributed by atoms with van der Waals surface area (Å²) in [7, 11) is 2.98. The van der Waals surface area contributed by atoms with Crippen LogP contribution in [0.4, 0.5) is 0 Å². The number of hydrogen-bond donors (Lipinski definition) is 1. The first-order valence-electron chi connectivity index (χ1n) is 5.68. The van der Waals surface area contributed by atoms with Gasteiger partial charge in [0.1, 0.15) is 6.04 Å². The highest BCUT2D eigenvalue weighted by Gasteiger charge is 2.16. The van der Waals surface area contributed by atoms with Crippen LogP contribution in [0.15, 0.2) is 0 Å². The Labute approximate surface area is 102 Å². The lowest BCUT2D eigenvalue weighted by atomic mass is 10.1. The molecule has 0 radical (unpaired) electrons. The molecular weight excluding hydrogens is 224 g/mol. The molecule has 0 aromatic carbocycles. The molecule has 1 amide bonds. The van der Waals surface area contributed by atoms with Crippen LogP contribution >= 0.6 is 0 Å². The van der Waals surface area contributed by atoms with Crippen LogP contribution in [0.5, 0.6) is 0 Å². The van der Waals surface area contributed by atoms with E-state index >= 15 is 0 Å². The van der Waals surface area contributed by atoms with Gasteiger partial charge in [0.05, 0.1) is 13.7 Å². The molecule has 0 saturated carbocycles. The van der Waals surface area contributed by atoms with Gasteiger partial charge in [0.15, 0.2) is 0 Å². The van der Waals surface area contributed by atoms with E-state index in [2.05, 4.69) is 4.74 Å². The van der Waals surface area contributed by atoms with Crippen molar-refractivity contribution in [1.29, 1.82) is 0 Å². The Morgan fingerprint density at radius 2 is 2.06 bits per heavy atom. The van der Waals surface area contributed by atoms with Crippen molar-refractivity contribution in [2.75, 3.05) is 33.9 Å². The Morgan fingerprint density at radius 3 is 2.59 bits per heavy atom. The number of carbonyl (C=O) groups is 2. The highest BCUT2D eigenvalue weighted by Crippen LogP contribution is 2.00. The van der Waals surface area contributed by atoms with Gasteiger partial charge in [-0.1, -0.05) is 0 Å². The fourth-order valence-corrected chi connectivity index (χ4v) is 1.21. The summed E-state index contributed by atoms with van der Waals surface area (Å²) in [5.74, 6) is -0.543. The summed E-state index contributed by atoms with van der Waals surface area (Å²) in [5, 5.41) is 0. The third-order valence-electron chi connectivity index (χ3n) is 2.37. The van der Waals surface area contributed by atoms with Gasteiger partial charge in [0, 0.05) is 26.6 Å². The van der Waals surface area contributed by atoms with Crippen molar-refractivity contribution in [2.45, 2.75) is 25.8 Å². The van der Waals surface area contributed by atoms with Gasteiger partial charge in [0.25, 0.3) is 0 Å². The number of likely N-dealkylation sites (N-methyl/N-ethyl adjacent to an activating group) is 1. The molecule has 100 valence electrons. The smallest absolute Gasteiger partial charge is 0.322 e. The van der Waals surface area contributed by atoms with Gasteiger partial charge in [-0.15, -0.1) is 0 Å². The van der Waals surface area contributed by atoms with Gasteiger partial charge in [0.2, 0.25) is 5.91 Å². The van der Waals surface area contributed by atoms with E-state index < -0.39 is 12.0 Å². The second kappa shape index (κ2) is 8.95. The average Bonchev–Trinajstić information content (AvgIpc) is 2.34. The maximum Gasteiger partial charge on any atom is 0.322 e. The fraction of sp³-hybridized carbons (Fsp3) is 0.818. The lowest BCUT2D eigenvalue weighted by Crippen LogP contribution is -2.35. The molecule has 17 heavy (non-hydrogen) atoms. The standard InChI is InChI=1S/C11H22N2O4/c1-4-17-8-7-13(2)10(14)6-5-9(12)11(15)16-3/h9H,4-8,12H2,1-3H3/t9-/m1/s1. The lowest BCUT2D eigenvalue weighted by Gasteiger charge is -2.17. The molecule has 0 rings (SSSR count). The van der Waals surface area contributed by atoms with Crippen LogP contribution in [0.3, 0.4) is 0 Å². The number of amides is 1. The third-order valence-corrected chi connectivity index (χ3v) is 2.37. The van der Waals surface area contributed by atoms with Gasteiger partial charge in [-0.05, 0) is 13.3 Å². The SMILES string of the molecule is CCOCCN(C)C(=O)CC[C@@H](N)C(=O)OC. The molecule has 6 nitrogen and oxygen atoms in total. The summed E-state index contributed by atoms with van der Waals surface area (Å²) >= 11 is 0. The number of esters is 1. The van der Waals surface area contributed by atoms with Crippen molar-refractivity contribution in [3.05, 3.63) is 0 Å². The van der Waals surface area contributed by atoms with Crippen LogP contribution in [0.2, 0.25) is 0 Å². The maximum absolute atomic E-state index is 11.6. The number of methoxy groups -OCH3 is 1. The predicted octanol–water partition coefficient (Wildman–Crippen LogP) is -0.238. The van der Waals surface area contributed by atoms with Gasteiger partial charge in [-0.25, -0.2) is 0 Å². The van der Waals surface area contributed by atoms with Crippen molar-refractivity contribution < 1.29 is 19.1 Å². The zero-order valence-corrected chi connectivity index (χ0v) is 10.8. The average molecular weight is 246 g/mol. The second-order valence-electron chi connectivity index (χ2n) is 3.68. The Bertz CT molecular complexity index is 246. The Balaban J connectivity index is 3.80. The summed E-state index contributed by atoms with van der Waals surface area (Å²) in [6, 6.07) is -0.732. The van der Waals surface area contributed by atoms with Crippen LogP contribution in [-0.2, 0) is 19.1 Å². The largest absolute Gasteiger partial charge is 0.468 e. The number of nitrogens with zero attached hydrogens (tertiary/aromatic N) is 1. The molecule has 0 fully saturated rings. The minimum atomic E-state index is -0.732. The quantitative estimate of drug-likeness (QED) is 0.472. The number of hydrogen-bond acceptors (Lipinski definition) is 5. The molecule has 0 unspecified atom stereocenters. The summed E-state index contributed by atoms with van der Waals surface area (Å²) in [6.07, 6.45) is 0.531. The molecule has 0 bridgehead atoms. The van der Waals surface area contributed by atoms with Crippen LogP contribution in [0.25, 0.3) is 0 Å². The monoisotopic (exact) mass is 246 g/mol. The zero-order valence-electron chi connectivity index (χ0n) is 10.8. The number of nitrogens with two attached hydrogens (primary N) is 1. The first-order valence-corrected chi connectivity index (χ1v) is 5.68. The van der Waals surface area contributed by atoms with E-state index in [9.17, 15) is 9.59 Å². The molecule has 0 spiro atoms. The van der Waals surface area contributed by atoms with Gasteiger partial charge < -0.3 is 20.1 Å². The van der Waals surface area contributed by atoms with Gasteiger partial charge in [-0.2, -0.15) is 0 Å². The van der Waals surface area contributed by atoms with E-state index in [-0.39, 0.29) is 12.3 Å². The molecule has 0 heterocycles. The number of ether oxygens (including phenoxy) is 2. The first-order chi connectivity index (χ1) is 8.02. The van der Waals surface area contributed by atoms with Crippen molar-refractivity contribution in [3.63, 3.8) is 0 Å². The third kappa shape index (κ3) is 6.91. The normalized spacial score (nSPS) is 12.0. The molecule has 0 saturated heterocycles. The van der Waals surface area contributed by atoms with Crippen LogP contribution in [-0.4, -0.2) is 56.7 Å². The molecule has 2 N–H and O–H groups in total. The maximum atomic E-state index is 11.6. The van der Waals surface area contributed by atoms with Crippen molar-refractivity contribution in [3.8, 4) is 0 Å². The Kier molecular flexibility index (Phi) is 8.35. The molecular formula is C11H22N2O4. The Morgan fingerprint density at radius 1 is 1.41 bits per heavy atom. The minimum Gasteiger partial charge on any atom is -0.468 e. The number of carbonyl (C=O) groups excluding carboxylic acids is 2. The lowest BCUT2D eigenvalue weighted by molar-refractivity contribution is -0.142. The highest BCUT2D eigenvalue weighted by atomic mass is 16.5. The van der Waals surface area contributed by atoms with Gasteiger partial charge in [-0.3, -0.25) is 9.59 Å². The molecule has 0 aliphatic carbocycles. The van der Waals surface area contributed by atoms with E-state index in [0.29, 0.717) is 26.2 Å². The molecule has 6 heteroatoms. The molecule has 0 aromatic rings. The minimum absolute atomic E-state index is 0.0518. The second-order valence-corrected chi connectivity index (χ2v) is 3.68. The molecule has 1 atom stereocenters. The van der Waals surface area contributed by atoms with Crippen molar-refractivity contribution in [2.24, 2.45) is 5.73 Å². The summed E-state index contributed by atoms with van der Waals surface area (Å²) in [6.45, 7) is 3.59. The number of rotatable bonds is 8. The fourth-order valence-electron chi connectivity index (χ4n) is 1.21. The van der Waals surface area contributed by atoms with Crippen LogP contribution in [0.1, 0.15) is 19.8 Å². The van der Waals surface area contributed by atoms with Crippen molar-refractivity contribution in [1.82, 2.24) is 4.90 Å². The van der Waals surface area contributed by atoms with E-state index in [4.69, 9.17) is 10.5 Å². The highest BCUT2D eigenvalue weighted by molar-refractivity contribution is 5.79. The van der Waals surface area contributed by atoms with E-state index in [1.165, 1.54) is 7.11 Å². The van der Waals surface area contributed by atoms with Crippen LogP contribution in [0, 0.1) is 0 Å². The predicted molar refractivity (Wildman–Crippen MR) is 63.4 cm³/mol. The zero-order chi connectivity index (χ0) is 13.3. The molecule has 0 aromatic heterocycles. The Hall–Kier alpha value is -1.14. The van der Waals surface area contributed by atoms with Crippen molar-refractivity contribution >= 4 is 11.9 Å². The summed E-state index contributed by atoms with van der Waals surface area (Å²) < 4.78 is 9.62. The van der Waals surface area contributed by atoms with E-state index in [1.54, 1.807) is 11.9 Å². The topological polar surface area (TPSA) is 81.9 Å². The first kappa shape index (κ1) is 15.9.